The van der Waals surface area contributed by atoms with Gasteiger partial charge in [0.15, 0.2) is 11.5 Å². The van der Waals surface area contributed by atoms with Crippen molar-refractivity contribution in [2.24, 2.45) is 0 Å². The number of Topliss-reactive ketones (excluding diaryl/α,β-unsaturated/α-hetero) is 1. The molecule has 13 heavy (non-hydrogen) atoms. The zero-order chi connectivity index (χ0) is 9.84. The number of hydrogen-bond donors (Lipinski definition) is 0. The van der Waals surface area contributed by atoms with E-state index in [1.165, 1.54) is 19.1 Å². The van der Waals surface area contributed by atoms with Crippen LogP contribution in [0.4, 0.5) is 0 Å². The lowest BCUT2D eigenvalue weighted by atomic mass is 10.3. The number of hydrogen-bond acceptors (Lipinski definition) is 4. The van der Waals surface area contributed by atoms with Crippen LogP contribution in [0.15, 0.2) is 29.2 Å². The molecule has 0 N–H and O–H groups in total. The second-order valence-corrected chi connectivity index (χ2v) is 2.30. The zero-order valence-electron chi connectivity index (χ0n) is 7.07. The second-order valence-electron chi connectivity index (χ2n) is 2.30. The first-order valence-corrected chi connectivity index (χ1v) is 3.58. The third-order valence-corrected chi connectivity index (χ3v) is 1.30. The van der Waals surface area contributed by atoms with Crippen LogP contribution in [0.25, 0.3) is 0 Å². The van der Waals surface area contributed by atoms with Gasteiger partial charge in [-0.3, -0.25) is 4.79 Å². The molecule has 0 radical (unpaired) electrons. The van der Waals surface area contributed by atoms with Crippen molar-refractivity contribution in [1.29, 1.82) is 0 Å². The molecule has 1 aromatic heterocycles. The number of rotatable bonds is 3. The summed E-state index contributed by atoms with van der Waals surface area (Å²) in [6.45, 7) is 4.57. The van der Waals surface area contributed by atoms with E-state index in [0.29, 0.717) is 0 Å². The van der Waals surface area contributed by atoms with Gasteiger partial charge in [0.05, 0.1) is 0 Å². The van der Waals surface area contributed by atoms with Crippen LogP contribution in [0.2, 0.25) is 0 Å². The minimum absolute atomic E-state index is 0.00454. The topological polar surface area (TPSA) is 56.5 Å². The van der Waals surface area contributed by atoms with E-state index < -0.39 is 5.97 Å². The van der Waals surface area contributed by atoms with Crippen LogP contribution in [0.1, 0.15) is 17.5 Å². The molecule has 0 aliphatic carbocycles. The summed E-state index contributed by atoms with van der Waals surface area (Å²) < 4.78 is 9.50. The molecule has 0 saturated heterocycles. The van der Waals surface area contributed by atoms with Gasteiger partial charge in [-0.05, 0) is 6.07 Å². The molecule has 1 heterocycles. The zero-order valence-corrected chi connectivity index (χ0v) is 7.07. The Hall–Kier alpha value is -1.84. The highest BCUT2D eigenvalue weighted by molar-refractivity contribution is 5.91. The van der Waals surface area contributed by atoms with Crippen molar-refractivity contribution >= 4 is 11.8 Å². The Bertz CT molecular complexity index is 348. The van der Waals surface area contributed by atoms with Gasteiger partial charge in [-0.15, -0.1) is 0 Å². The van der Waals surface area contributed by atoms with Crippen LogP contribution in [-0.2, 0) is 4.79 Å². The van der Waals surface area contributed by atoms with Gasteiger partial charge in [0.2, 0.25) is 0 Å². The van der Waals surface area contributed by atoms with Crippen molar-refractivity contribution in [3.8, 4) is 5.95 Å². The SMILES string of the molecule is C=CC(=O)Oc1ccc(C(C)=O)o1. The molecule has 0 unspecified atom stereocenters. The van der Waals surface area contributed by atoms with E-state index in [0.717, 1.165) is 6.08 Å². The highest BCUT2D eigenvalue weighted by Crippen LogP contribution is 2.16. The minimum Gasteiger partial charge on any atom is -0.422 e. The average molecular weight is 180 g/mol. The predicted octanol–water partition coefficient (Wildman–Crippen LogP) is 1.57. The molecule has 0 spiro atoms. The van der Waals surface area contributed by atoms with Crippen LogP contribution >= 0.6 is 0 Å². The first-order valence-electron chi connectivity index (χ1n) is 3.58. The number of carbonyl (C=O) groups is 2. The molecule has 68 valence electrons. The van der Waals surface area contributed by atoms with E-state index in [-0.39, 0.29) is 17.5 Å². The van der Waals surface area contributed by atoms with Crippen LogP contribution in [0.3, 0.4) is 0 Å². The molecule has 0 amide bonds. The fourth-order valence-electron chi connectivity index (χ4n) is 0.705. The maximum Gasteiger partial charge on any atom is 0.337 e. The van der Waals surface area contributed by atoms with Gasteiger partial charge < -0.3 is 9.15 Å². The summed E-state index contributed by atoms with van der Waals surface area (Å²) in [5, 5.41) is 0. The van der Waals surface area contributed by atoms with Crippen molar-refractivity contribution in [3.63, 3.8) is 0 Å². The highest BCUT2D eigenvalue weighted by atomic mass is 16.6. The molecule has 0 bridgehead atoms. The van der Waals surface area contributed by atoms with Gasteiger partial charge in [0, 0.05) is 19.1 Å². The molecule has 0 fully saturated rings. The largest absolute Gasteiger partial charge is 0.422 e. The van der Waals surface area contributed by atoms with Gasteiger partial charge in [-0.1, -0.05) is 6.58 Å². The van der Waals surface area contributed by atoms with Gasteiger partial charge in [0.1, 0.15) is 0 Å². The van der Waals surface area contributed by atoms with E-state index in [4.69, 9.17) is 4.42 Å². The number of ether oxygens (including phenoxy) is 1. The molecule has 0 saturated carbocycles. The number of esters is 1. The van der Waals surface area contributed by atoms with E-state index in [2.05, 4.69) is 11.3 Å². The molecule has 4 nitrogen and oxygen atoms in total. The smallest absolute Gasteiger partial charge is 0.337 e. The van der Waals surface area contributed by atoms with Crippen molar-refractivity contribution < 1.29 is 18.7 Å². The van der Waals surface area contributed by atoms with Crippen molar-refractivity contribution in [2.75, 3.05) is 0 Å². The lowest BCUT2D eigenvalue weighted by molar-refractivity contribution is -0.130. The van der Waals surface area contributed by atoms with Crippen LogP contribution in [-0.4, -0.2) is 11.8 Å². The quantitative estimate of drug-likeness (QED) is 0.402. The summed E-state index contributed by atoms with van der Waals surface area (Å²) in [6.07, 6.45) is 1.01. The van der Waals surface area contributed by atoms with Gasteiger partial charge in [-0.2, -0.15) is 0 Å². The standard InChI is InChI=1S/C9H8O4/c1-3-8(11)13-9-5-4-7(12-9)6(2)10/h3-5H,1H2,2H3. The van der Waals surface area contributed by atoms with Gasteiger partial charge in [-0.25, -0.2) is 4.79 Å². The van der Waals surface area contributed by atoms with E-state index in [1.807, 2.05) is 0 Å². The predicted molar refractivity (Wildman–Crippen MR) is 44.5 cm³/mol. The van der Waals surface area contributed by atoms with Gasteiger partial charge in [0.25, 0.3) is 5.95 Å². The van der Waals surface area contributed by atoms with E-state index >= 15 is 0 Å². The average Bonchev–Trinajstić information content (AvgIpc) is 2.52. The summed E-state index contributed by atoms with van der Waals surface area (Å²) in [5.41, 5.74) is 0. The normalized spacial score (nSPS) is 9.31. The van der Waals surface area contributed by atoms with Crippen molar-refractivity contribution in [1.82, 2.24) is 0 Å². The Morgan fingerprint density at radius 3 is 2.69 bits per heavy atom. The molecule has 1 aromatic rings. The molecule has 4 heteroatoms. The monoisotopic (exact) mass is 180 g/mol. The maximum absolute atomic E-state index is 10.8. The number of ketones is 1. The molecule has 1 rings (SSSR count). The molecule has 0 atom stereocenters. The summed E-state index contributed by atoms with van der Waals surface area (Å²) in [6, 6.07) is 2.84. The Morgan fingerprint density at radius 1 is 1.54 bits per heavy atom. The van der Waals surface area contributed by atoms with Crippen LogP contribution in [0.5, 0.6) is 5.95 Å². The first-order chi connectivity index (χ1) is 6.13. The number of carbonyl (C=O) groups excluding carboxylic acids is 2. The maximum atomic E-state index is 10.8. The highest BCUT2D eigenvalue weighted by Gasteiger charge is 2.08. The third kappa shape index (κ3) is 2.30. The molecule has 0 aromatic carbocycles. The summed E-state index contributed by atoms with van der Waals surface area (Å²) in [4.78, 5) is 21.4. The summed E-state index contributed by atoms with van der Waals surface area (Å²) in [5.74, 6) is -0.688. The van der Waals surface area contributed by atoms with Gasteiger partial charge >= 0.3 is 5.97 Å². The second kappa shape index (κ2) is 3.71. The fourth-order valence-corrected chi connectivity index (χ4v) is 0.705. The summed E-state index contributed by atoms with van der Waals surface area (Å²) >= 11 is 0. The first kappa shape index (κ1) is 9.25. The molecule has 0 aliphatic rings. The summed E-state index contributed by atoms with van der Waals surface area (Å²) in [7, 11) is 0. The lowest BCUT2D eigenvalue weighted by Crippen LogP contribution is -2.01. The van der Waals surface area contributed by atoms with Crippen molar-refractivity contribution in [2.45, 2.75) is 6.92 Å². The Balaban J connectivity index is 2.74. The molecule has 0 aliphatic heterocycles. The third-order valence-electron chi connectivity index (χ3n) is 1.30. The lowest BCUT2D eigenvalue weighted by Gasteiger charge is -1.93. The van der Waals surface area contributed by atoms with E-state index in [9.17, 15) is 9.59 Å². The Morgan fingerprint density at radius 2 is 2.23 bits per heavy atom. The molecular weight excluding hydrogens is 172 g/mol. The Kier molecular flexibility index (Phi) is 2.64. The van der Waals surface area contributed by atoms with Crippen LogP contribution < -0.4 is 4.74 Å². The Labute approximate surface area is 74.8 Å². The minimum atomic E-state index is -0.621. The fraction of sp³-hybridized carbons (Fsp3) is 0.111. The number of furan rings is 1. The van der Waals surface area contributed by atoms with Crippen LogP contribution in [0, 0.1) is 0 Å². The molecular formula is C9H8O4. The van der Waals surface area contributed by atoms with E-state index in [1.54, 1.807) is 0 Å². The van der Waals surface area contributed by atoms with Crippen molar-refractivity contribution in [3.05, 3.63) is 30.5 Å².